The van der Waals surface area contributed by atoms with Gasteiger partial charge in [0.25, 0.3) is 0 Å². The highest BCUT2D eigenvalue weighted by molar-refractivity contribution is 5.92. The van der Waals surface area contributed by atoms with E-state index < -0.39 is 5.97 Å². The largest absolute Gasteiger partial charge is 0.478 e. The molecule has 1 aromatic heterocycles. The van der Waals surface area contributed by atoms with Crippen molar-refractivity contribution in [3.05, 3.63) is 71.1 Å². The minimum Gasteiger partial charge on any atom is -0.478 e. The monoisotopic (exact) mass is 404 g/mol. The molecule has 1 unspecified atom stereocenters. The molecule has 2 N–H and O–H groups in total. The SMILES string of the molecule is CC1C=CC=C(N(C)c2ccc3c(c2)CCC[C@H]3CNc2nnccc2C(=O)O)C1. The lowest BCUT2D eigenvalue weighted by Gasteiger charge is -2.30. The van der Waals surface area contributed by atoms with Gasteiger partial charge in [0.2, 0.25) is 0 Å². The first-order chi connectivity index (χ1) is 14.5. The lowest BCUT2D eigenvalue weighted by Crippen LogP contribution is -2.22. The molecule has 1 aromatic carbocycles. The number of nitrogens with one attached hydrogen (secondary N) is 1. The van der Waals surface area contributed by atoms with Crippen molar-refractivity contribution in [1.29, 1.82) is 0 Å². The zero-order valence-electron chi connectivity index (χ0n) is 17.5. The number of aromatic carboxylic acids is 1. The Morgan fingerprint density at radius 1 is 1.33 bits per heavy atom. The molecule has 1 heterocycles. The number of fused-ring (bicyclic) bond motifs is 1. The number of aryl methyl sites for hydroxylation is 1. The molecule has 156 valence electrons. The van der Waals surface area contributed by atoms with Crippen LogP contribution < -0.4 is 10.2 Å². The van der Waals surface area contributed by atoms with Crippen LogP contribution in [0.25, 0.3) is 0 Å². The van der Waals surface area contributed by atoms with Crippen molar-refractivity contribution in [3.63, 3.8) is 0 Å². The van der Waals surface area contributed by atoms with Gasteiger partial charge >= 0.3 is 5.97 Å². The number of aromatic nitrogens is 2. The summed E-state index contributed by atoms with van der Waals surface area (Å²) >= 11 is 0. The van der Waals surface area contributed by atoms with Crippen LogP contribution in [0, 0.1) is 5.92 Å². The van der Waals surface area contributed by atoms with E-state index in [1.54, 1.807) is 0 Å². The molecular weight excluding hydrogens is 376 g/mol. The van der Waals surface area contributed by atoms with Crippen LogP contribution in [0.4, 0.5) is 11.5 Å². The molecule has 0 saturated carbocycles. The second-order valence-electron chi connectivity index (χ2n) is 8.24. The van der Waals surface area contributed by atoms with Crippen molar-refractivity contribution >= 4 is 17.5 Å². The summed E-state index contributed by atoms with van der Waals surface area (Å²) < 4.78 is 0. The summed E-state index contributed by atoms with van der Waals surface area (Å²) in [5.74, 6) is 0.233. The third kappa shape index (κ3) is 4.22. The smallest absolute Gasteiger partial charge is 0.339 e. The molecule has 0 radical (unpaired) electrons. The number of carboxylic acid groups (broad SMARTS) is 1. The van der Waals surface area contributed by atoms with Crippen LogP contribution in [-0.4, -0.2) is 34.9 Å². The van der Waals surface area contributed by atoms with Gasteiger partial charge in [0, 0.05) is 30.9 Å². The molecule has 2 atom stereocenters. The van der Waals surface area contributed by atoms with Crippen molar-refractivity contribution < 1.29 is 9.90 Å². The fraction of sp³-hybridized carbons (Fsp3) is 0.375. The van der Waals surface area contributed by atoms with Crippen LogP contribution in [0.3, 0.4) is 0 Å². The highest BCUT2D eigenvalue weighted by Crippen LogP contribution is 2.35. The van der Waals surface area contributed by atoms with Gasteiger partial charge in [-0.15, -0.1) is 5.10 Å². The summed E-state index contributed by atoms with van der Waals surface area (Å²) in [7, 11) is 2.14. The molecule has 30 heavy (non-hydrogen) atoms. The number of benzene rings is 1. The molecule has 0 bridgehead atoms. The summed E-state index contributed by atoms with van der Waals surface area (Å²) in [4.78, 5) is 13.7. The van der Waals surface area contributed by atoms with E-state index in [0.29, 0.717) is 24.2 Å². The topological polar surface area (TPSA) is 78.3 Å². The molecule has 0 aliphatic heterocycles. The van der Waals surface area contributed by atoms with Gasteiger partial charge in [-0.2, -0.15) is 5.10 Å². The minimum atomic E-state index is -0.995. The molecule has 0 saturated heterocycles. The first-order valence-electron chi connectivity index (χ1n) is 10.6. The van der Waals surface area contributed by atoms with E-state index in [2.05, 4.69) is 70.8 Å². The van der Waals surface area contributed by atoms with E-state index in [-0.39, 0.29) is 5.56 Å². The van der Waals surface area contributed by atoms with Gasteiger partial charge < -0.3 is 15.3 Å². The minimum absolute atomic E-state index is 0.155. The molecule has 6 heteroatoms. The standard InChI is InChI=1S/C24H28N4O2/c1-16-5-3-8-19(13-16)28(2)20-9-10-21-17(14-20)6-4-7-18(21)15-25-23-22(24(29)30)11-12-26-27-23/h3,5,8-12,14,16,18H,4,6-7,13,15H2,1-2H3,(H,25,27)(H,29,30)/t16?,18-/m0/s1. The van der Waals surface area contributed by atoms with Crippen molar-refractivity contribution in [3.8, 4) is 0 Å². The van der Waals surface area contributed by atoms with Gasteiger partial charge in [0.1, 0.15) is 5.56 Å². The molecular formula is C24H28N4O2. The molecule has 2 aromatic rings. The second-order valence-corrected chi connectivity index (χ2v) is 8.24. The van der Waals surface area contributed by atoms with Crippen LogP contribution in [0.15, 0.2) is 54.4 Å². The Hall–Kier alpha value is -3.15. The Morgan fingerprint density at radius 2 is 2.20 bits per heavy atom. The number of allylic oxidation sites excluding steroid dienone is 4. The average molecular weight is 405 g/mol. The van der Waals surface area contributed by atoms with Crippen molar-refractivity contribution in [2.75, 3.05) is 23.8 Å². The van der Waals surface area contributed by atoms with E-state index in [4.69, 9.17) is 0 Å². The zero-order valence-corrected chi connectivity index (χ0v) is 17.5. The molecule has 6 nitrogen and oxygen atoms in total. The van der Waals surface area contributed by atoms with Crippen LogP contribution in [0.5, 0.6) is 0 Å². The van der Waals surface area contributed by atoms with Crippen LogP contribution in [0.1, 0.15) is 53.6 Å². The number of carboxylic acids is 1. The second kappa shape index (κ2) is 8.69. The third-order valence-electron chi connectivity index (χ3n) is 6.11. The number of carbonyl (C=O) groups is 1. The Labute approximate surface area is 177 Å². The van der Waals surface area contributed by atoms with Gasteiger partial charge in [-0.1, -0.05) is 25.1 Å². The summed E-state index contributed by atoms with van der Waals surface area (Å²) in [5, 5.41) is 20.4. The van der Waals surface area contributed by atoms with Gasteiger partial charge in [0.15, 0.2) is 5.82 Å². The maximum atomic E-state index is 11.4. The van der Waals surface area contributed by atoms with Crippen molar-refractivity contribution in [1.82, 2.24) is 10.2 Å². The predicted octanol–water partition coefficient (Wildman–Crippen LogP) is 4.62. The van der Waals surface area contributed by atoms with Gasteiger partial charge in [-0.3, -0.25) is 0 Å². The quantitative estimate of drug-likeness (QED) is 0.731. The summed E-state index contributed by atoms with van der Waals surface area (Å²) in [6, 6.07) is 8.23. The third-order valence-corrected chi connectivity index (χ3v) is 6.11. The van der Waals surface area contributed by atoms with Crippen LogP contribution in [0.2, 0.25) is 0 Å². The van der Waals surface area contributed by atoms with Crippen molar-refractivity contribution in [2.45, 2.75) is 38.5 Å². The van der Waals surface area contributed by atoms with Gasteiger partial charge in [0.05, 0.1) is 6.20 Å². The maximum absolute atomic E-state index is 11.4. The Morgan fingerprint density at radius 3 is 3.00 bits per heavy atom. The molecule has 2 aliphatic carbocycles. The Bertz CT molecular complexity index is 998. The molecule has 0 amide bonds. The number of anilines is 2. The number of nitrogens with zero attached hydrogens (tertiary/aromatic N) is 3. The van der Waals surface area contributed by atoms with E-state index >= 15 is 0 Å². The Kier molecular flexibility index (Phi) is 5.84. The number of rotatable bonds is 6. The van der Waals surface area contributed by atoms with Gasteiger partial charge in [-0.05, 0) is 67.0 Å². The predicted molar refractivity (Wildman–Crippen MR) is 119 cm³/mol. The van der Waals surface area contributed by atoms with E-state index in [9.17, 15) is 9.90 Å². The number of hydrogen-bond donors (Lipinski definition) is 2. The molecule has 2 aliphatic rings. The lowest BCUT2D eigenvalue weighted by molar-refractivity contribution is 0.0697. The highest BCUT2D eigenvalue weighted by Gasteiger charge is 2.23. The first-order valence-corrected chi connectivity index (χ1v) is 10.6. The normalized spacial score (nSPS) is 20.3. The Balaban J connectivity index is 1.50. The first kappa shape index (κ1) is 20.1. The molecule has 0 spiro atoms. The van der Waals surface area contributed by atoms with E-state index in [0.717, 1.165) is 25.7 Å². The zero-order chi connectivity index (χ0) is 21.1. The van der Waals surface area contributed by atoms with Gasteiger partial charge in [-0.25, -0.2) is 4.79 Å². The fourth-order valence-corrected chi connectivity index (χ4v) is 4.41. The molecule has 4 rings (SSSR count). The summed E-state index contributed by atoms with van der Waals surface area (Å²) in [5.41, 5.74) is 5.44. The van der Waals surface area contributed by atoms with E-state index in [1.807, 2.05) is 0 Å². The molecule has 0 fully saturated rings. The summed E-state index contributed by atoms with van der Waals surface area (Å²) in [6.07, 6.45) is 12.3. The summed E-state index contributed by atoms with van der Waals surface area (Å²) in [6.45, 7) is 2.89. The van der Waals surface area contributed by atoms with E-state index in [1.165, 1.54) is 34.8 Å². The average Bonchev–Trinajstić information content (AvgIpc) is 2.76. The number of hydrogen-bond acceptors (Lipinski definition) is 5. The van der Waals surface area contributed by atoms with Crippen molar-refractivity contribution in [2.24, 2.45) is 5.92 Å². The lowest BCUT2D eigenvalue weighted by atomic mass is 9.82. The highest BCUT2D eigenvalue weighted by atomic mass is 16.4. The maximum Gasteiger partial charge on any atom is 0.339 e. The van der Waals surface area contributed by atoms with Crippen LogP contribution in [-0.2, 0) is 6.42 Å². The fourth-order valence-electron chi connectivity index (χ4n) is 4.41. The van der Waals surface area contributed by atoms with Crippen LogP contribution >= 0.6 is 0 Å².